The summed E-state index contributed by atoms with van der Waals surface area (Å²) in [6.07, 6.45) is 0. The monoisotopic (exact) mass is 237 g/mol. The number of hydrogen-bond donors (Lipinski definition) is 2. The molecule has 0 aliphatic rings. The van der Waals surface area contributed by atoms with E-state index in [1.54, 1.807) is 11.8 Å². The highest BCUT2D eigenvalue weighted by Crippen LogP contribution is 2.25. The molecule has 5 heteroatoms. The van der Waals surface area contributed by atoms with Gasteiger partial charge >= 0.3 is 0 Å². The first-order chi connectivity index (χ1) is 7.24. The Morgan fingerprint density at radius 1 is 1.33 bits per heavy atom. The number of nitrogens with zero attached hydrogens (tertiary/aromatic N) is 1. The van der Waals surface area contributed by atoms with E-state index in [2.05, 4.69) is 4.98 Å². The first-order valence-electron chi connectivity index (χ1n) is 4.42. The molecule has 0 fully saturated rings. The Labute approximate surface area is 96.5 Å². The van der Waals surface area contributed by atoms with Crippen LogP contribution >= 0.6 is 23.1 Å². The summed E-state index contributed by atoms with van der Waals surface area (Å²) >= 11 is 3.18. The SMILES string of the molecule is Nc1cccc(SCc2csc(N)n2)c1. The summed E-state index contributed by atoms with van der Waals surface area (Å²) in [5.74, 6) is 0.831. The van der Waals surface area contributed by atoms with E-state index in [1.165, 1.54) is 11.3 Å². The van der Waals surface area contributed by atoms with Gasteiger partial charge in [-0.25, -0.2) is 4.98 Å². The zero-order chi connectivity index (χ0) is 10.7. The van der Waals surface area contributed by atoms with Crippen LogP contribution in [0.3, 0.4) is 0 Å². The first-order valence-corrected chi connectivity index (χ1v) is 6.29. The zero-order valence-electron chi connectivity index (χ0n) is 8.01. The maximum absolute atomic E-state index is 5.68. The first kappa shape index (κ1) is 10.3. The number of benzene rings is 1. The smallest absolute Gasteiger partial charge is 0.180 e. The number of hydrogen-bond acceptors (Lipinski definition) is 5. The van der Waals surface area contributed by atoms with Crippen molar-refractivity contribution in [2.24, 2.45) is 0 Å². The minimum absolute atomic E-state index is 0.623. The fourth-order valence-corrected chi connectivity index (χ4v) is 2.68. The number of thiazole rings is 1. The third kappa shape index (κ3) is 2.87. The topological polar surface area (TPSA) is 64.9 Å². The summed E-state index contributed by atoms with van der Waals surface area (Å²) < 4.78 is 0. The van der Waals surface area contributed by atoms with Crippen molar-refractivity contribution in [3.63, 3.8) is 0 Å². The minimum Gasteiger partial charge on any atom is -0.399 e. The van der Waals surface area contributed by atoms with E-state index in [1.807, 2.05) is 29.6 Å². The molecule has 0 saturated heterocycles. The lowest BCUT2D eigenvalue weighted by molar-refractivity contribution is 1.24. The standard InChI is InChI=1S/C10H11N3S2/c11-7-2-1-3-9(4-7)14-5-8-6-15-10(12)13-8/h1-4,6H,5,11H2,(H2,12,13). The molecule has 0 aliphatic carbocycles. The molecule has 1 aromatic heterocycles. The number of thioether (sulfide) groups is 1. The molecule has 0 spiro atoms. The summed E-state index contributed by atoms with van der Waals surface area (Å²) in [5, 5.41) is 2.60. The fourth-order valence-electron chi connectivity index (χ4n) is 1.15. The van der Waals surface area contributed by atoms with Crippen molar-refractivity contribution in [1.82, 2.24) is 4.98 Å². The Hall–Kier alpha value is -1.20. The zero-order valence-corrected chi connectivity index (χ0v) is 9.65. The molecule has 1 aromatic carbocycles. The van der Waals surface area contributed by atoms with Gasteiger partial charge in [0, 0.05) is 21.7 Å². The van der Waals surface area contributed by atoms with Gasteiger partial charge < -0.3 is 11.5 Å². The predicted molar refractivity (Wildman–Crippen MR) is 66.9 cm³/mol. The Kier molecular flexibility index (Phi) is 3.13. The van der Waals surface area contributed by atoms with E-state index in [-0.39, 0.29) is 0 Å². The van der Waals surface area contributed by atoms with Crippen LogP contribution in [-0.2, 0) is 5.75 Å². The average Bonchev–Trinajstić information content (AvgIpc) is 2.62. The van der Waals surface area contributed by atoms with Crippen molar-refractivity contribution in [2.75, 3.05) is 11.5 Å². The summed E-state index contributed by atoms with van der Waals surface area (Å²) in [4.78, 5) is 5.35. The van der Waals surface area contributed by atoms with Crippen LogP contribution in [0.2, 0.25) is 0 Å². The second kappa shape index (κ2) is 4.55. The molecule has 0 amide bonds. The van der Waals surface area contributed by atoms with Crippen LogP contribution in [0.1, 0.15) is 5.69 Å². The van der Waals surface area contributed by atoms with E-state index in [0.29, 0.717) is 5.13 Å². The van der Waals surface area contributed by atoms with Gasteiger partial charge in [0.15, 0.2) is 5.13 Å². The van der Waals surface area contributed by atoms with Gasteiger partial charge in [-0.2, -0.15) is 0 Å². The van der Waals surface area contributed by atoms with Crippen molar-refractivity contribution in [2.45, 2.75) is 10.6 Å². The van der Waals surface area contributed by atoms with Crippen LogP contribution in [0, 0.1) is 0 Å². The second-order valence-corrected chi connectivity index (χ2v) is 4.98. The van der Waals surface area contributed by atoms with Crippen LogP contribution in [-0.4, -0.2) is 4.98 Å². The van der Waals surface area contributed by atoms with Crippen molar-refractivity contribution < 1.29 is 0 Å². The highest BCUT2D eigenvalue weighted by atomic mass is 32.2. The van der Waals surface area contributed by atoms with Crippen LogP contribution in [0.5, 0.6) is 0 Å². The molecule has 0 aliphatic heterocycles. The van der Waals surface area contributed by atoms with E-state index in [9.17, 15) is 0 Å². The van der Waals surface area contributed by atoms with E-state index in [4.69, 9.17) is 11.5 Å². The van der Waals surface area contributed by atoms with E-state index < -0.39 is 0 Å². The van der Waals surface area contributed by atoms with Crippen molar-refractivity contribution in [1.29, 1.82) is 0 Å². The maximum Gasteiger partial charge on any atom is 0.180 e. The molecule has 2 aromatic rings. The molecule has 0 radical (unpaired) electrons. The van der Waals surface area contributed by atoms with E-state index >= 15 is 0 Å². The summed E-state index contributed by atoms with van der Waals surface area (Å²) in [6, 6.07) is 7.83. The van der Waals surface area contributed by atoms with E-state index in [0.717, 1.165) is 22.0 Å². The lowest BCUT2D eigenvalue weighted by atomic mass is 10.3. The van der Waals surface area contributed by atoms with Crippen molar-refractivity contribution in [3.8, 4) is 0 Å². The normalized spacial score (nSPS) is 10.4. The van der Waals surface area contributed by atoms with Crippen LogP contribution in [0.25, 0.3) is 0 Å². The largest absolute Gasteiger partial charge is 0.399 e. The number of nitrogen functional groups attached to an aromatic ring is 2. The van der Waals surface area contributed by atoms with Crippen LogP contribution in [0.15, 0.2) is 34.5 Å². The molecule has 0 atom stereocenters. The highest BCUT2D eigenvalue weighted by molar-refractivity contribution is 7.98. The quantitative estimate of drug-likeness (QED) is 0.636. The van der Waals surface area contributed by atoms with Gasteiger partial charge in [-0.1, -0.05) is 6.07 Å². The molecule has 15 heavy (non-hydrogen) atoms. The highest BCUT2D eigenvalue weighted by Gasteiger charge is 2.00. The summed E-state index contributed by atoms with van der Waals surface area (Å²) in [5.41, 5.74) is 13.0. The maximum atomic E-state index is 5.68. The van der Waals surface area contributed by atoms with Crippen molar-refractivity contribution >= 4 is 33.9 Å². The molecule has 2 rings (SSSR count). The fraction of sp³-hybridized carbons (Fsp3) is 0.100. The van der Waals surface area contributed by atoms with Gasteiger partial charge in [0.25, 0.3) is 0 Å². The number of anilines is 2. The van der Waals surface area contributed by atoms with Gasteiger partial charge in [-0.05, 0) is 18.2 Å². The Balaban J connectivity index is 1.99. The van der Waals surface area contributed by atoms with Gasteiger partial charge in [0.1, 0.15) is 0 Å². The molecule has 1 heterocycles. The van der Waals surface area contributed by atoms with Crippen molar-refractivity contribution in [3.05, 3.63) is 35.3 Å². The molecule has 0 bridgehead atoms. The summed E-state index contributed by atoms with van der Waals surface area (Å²) in [7, 11) is 0. The van der Waals surface area contributed by atoms with Gasteiger partial charge in [0.05, 0.1) is 5.69 Å². The number of rotatable bonds is 3. The minimum atomic E-state index is 0.623. The third-order valence-electron chi connectivity index (χ3n) is 1.81. The molecular weight excluding hydrogens is 226 g/mol. The second-order valence-electron chi connectivity index (χ2n) is 3.04. The molecule has 0 saturated carbocycles. The molecule has 78 valence electrons. The molecule has 0 unspecified atom stereocenters. The van der Waals surface area contributed by atoms with Gasteiger partial charge in [-0.3, -0.25) is 0 Å². The third-order valence-corrected chi connectivity index (χ3v) is 3.56. The van der Waals surface area contributed by atoms with Crippen LogP contribution in [0.4, 0.5) is 10.8 Å². The predicted octanol–water partition coefficient (Wildman–Crippen LogP) is 2.60. The molecule has 4 N–H and O–H groups in total. The number of aromatic nitrogens is 1. The summed E-state index contributed by atoms with van der Waals surface area (Å²) in [6.45, 7) is 0. The average molecular weight is 237 g/mol. The Morgan fingerprint density at radius 3 is 2.87 bits per heavy atom. The molecular formula is C10H11N3S2. The lowest BCUT2D eigenvalue weighted by Crippen LogP contribution is -1.86. The van der Waals surface area contributed by atoms with Gasteiger partial charge in [-0.15, -0.1) is 23.1 Å². The van der Waals surface area contributed by atoms with Gasteiger partial charge in [0.2, 0.25) is 0 Å². The lowest BCUT2D eigenvalue weighted by Gasteiger charge is -2.00. The van der Waals surface area contributed by atoms with Crippen LogP contribution < -0.4 is 11.5 Å². The molecule has 3 nitrogen and oxygen atoms in total. The Morgan fingerprint density at radius 2 is 2.20 bits per heavy atom. The Bertz CT molecular complexity index is 453. The number of nitrogens with two attached hydrogens (primary N) is 2.